The van der Waals surface area contributed by atoms with Crippen molar-refractivity contribution in [1.29, 1.82) is 0 Å². The summed E-state index contributed by atoms with van der Waals surface area (Å²) in [7, 11) is 0. The third-order valence-corrected chi connectivity index (χ3v) is 4.84. The molecule has 0 aliphatic heterocycles. The van der Waals surface area contributed by atoms with E-state index in [1.54, 1.807) is 0 Å². The molecule has 3 rings (SSSR count). The van der Waals surface area contributed by atoms with E-state index < -0.39 is 0 Å². The Morgan fingerprint density at radius 1 is 0.958 bits per heavy atom. The Morgan fingerprint density at radius 2 is 1.54 bits per heavy atom. The largest absolute Gasteiger partial charge is 0.396 e. The van der Waals surface area contributed by atoms with Gasteiger partial charge in [0.25, 0.3) is 0 Å². The molecule has 0 saturated carbocycles. The minimum atomic E-state index is 0.0719. The van der Waals surface area contributed by atoms with Crippen LogP contribution in [0, 0.1) is 0 Å². The summed E-state index contributed by atoms with van der Waals surface area (Å²) in [4.78, 5) is 12.1. The second kappa shape index (κ2) is 8.11. The van der Waals surface area contributed by atoms with Gasteiger partial charge in [0.1, 0.15) is 0 Å². The Labute approximate surface area is 143 Å². The highest BCUT2D eigenvalue weighted by Gasteiger charge is 2.23. The number of benzene rings is 2. The topological polar surface area (TPSA) is 49.3 Å². The van der Waals surface area contributed by atoms with Crippen molar-refractivity contribution >= 4 is 5.91 Å². The highest BCUT2D eigenvalue weighted by Crippen LogP contribution is 2.33. The molecule has 2 N–H and O–H groups in total. The molecule has 0 atom stereocenters. The number of carbonyl (C=O) groups is 1. The molecule has 3 heteroatoms. The van der Waals surface area contributed by atoms with Crippen LogP contribution in [0.15, 0.2) is 48.5 Å². The molecule has 1 aliphatic carbocycles. The van der Waals surface area contributed by atoms with Gasteiger partial charge in [-0.3, -0.25) is 4.79 Å². The molecule has 1 amide bonds. The number of aliphatic hydroxyl groups excluding tert-OH is 1. The van der Waals surface area contributed by atoms with Crippen LogP contribution in [-0.4, -0.2) is 24.2 Å². The van der Waals surface area contributed by atoms with Crippen LogP contribution in [0.2, 0.25) is 0 Å². The first-order valence-corrected chi connectivity index (χ1v) is 8.82. The summed E-state index contributed by atoms with van der Waals surface area (Å²) in [6.45, 7) is 0.780. The minimum absolute atomic E-state index is 0.0719. The SMILES string of the molecule is O=C(CCCCO)NCC1c2ccccc2CCc2ccccc21. The summed E-state index contributed by atoms with van der Waals surface area (Å²) in [5.41, 5.74) is 5.43. The molecule has 0 unspecified atom stereocenters. The maximum absolute atomic E-state index is 12.1. The lowest BCUT2D eigenvalue weighted by Crippen LogP contribution is -2.29. The van der Waals surface area contributed by atoms with E-state index in [1.165, 1.54) is 22.3 Å². The standard InChI is InChI=1S/C21H25NO2/c23-14-6-5-11-21(24)22-15-20-18-9-3-1-7-16(18)12-13-17-8-2-4-10-19(17)20/h1-4,7-10,20,23H,5-6,11-15H2,(H,22,24). The van der Waals surface area contributed by atoms with Gasteiger partial charge in [-0.15, -0.1) is 0 Å². The fourth-order valence-corrected chi connectivity index (χ4v) is 3.56. The molecule has 0 radical (unpaired) electrons. The highest BCUT2D eigenvalue weighted by molar-refractivity contribution is 5.76. The zero-order valence-electron chi connectivity index (χ0n) is 14.0. The quantitative estimate of drug-likeness (QED) is 0.802. The zero-order valence-corrected chi connectivity index (χ0v) is 14.0. The van der Waals surface area contributed by atoms with Gasteiger partial charge in [0, 0.05) is 25.5 Å². The summed E-state index contributed by atoms with van der Waals surface area (Å²) in [5, 5.41) is 11.9. The van der Waals surface area contributed by atoms with Gasteiger partial charge in [-0.2, -0.15) is 0 Å². The molecule has 3 nitrogen and oxygen atoms in total. The normalized spacial score (nSPS) is 13.7. The van der Waals surface area contributed by atoms with Crippen molar-refractivity contribution in [3.63, 3.8) is 0 Å². The van der Waals surface area contributed by atoms with E-state index in [0.29, 0.717) is 19.4 Å². The van der Waals surface area contributed by atoms with Gasteiger partial charge in [-0.1, -0.05) is 48.5 Å². The molecule has 1 aliphatic rings. The van der Waals surface area contributed by atoms with Crippen LogP contribution in [0.25, 0.3) is 0 Å². The van der Waals surface area contributed by atoms with E-state index in [4.69, 9.17) is 5.11 Å². The van der Waals surface area contributed by atoms with Gasteiger partial charge in [-0.05, 0) is 47.9 Å². The van der Waals surface area contributed by atoms with Crippen molar-refractivity contribution < 1.29 is 9.90 Å². The molecule has 0 heterocycles. The third-order valence-electron chi connectivity index (χ3n) is 4.84. The predicted octanol–water partition coefficient (Wildman–Crippen LogP) is 3.20. The molecule has 0 fully saturated rings. The van der Waals surface area contributed by atoms with Gasteiger partial charge >= 0.3 is 0 Å². The van der Waals surface area contributed by atoms with Crippen molar-refractivity contribution in [2.75, 3.05) is 13.2 Å². The lowest BCUT2D eigenvalue weighted by atomic mass is 9.88. The van der Waals surface area contributed by atoms with Crippen molar-refractivity contribution in [1.82, 2.24) is 5.32 Å². The summed E-state index contributed by atoms with van der Waals surface area (Å²) in [6, 6.07) is 17.2. The second-order valence-corrected chi connectivity index (χ2v) is 6.44. The Kier molecular flexibility index (Phi) is 5.65. The fourth-order valence-electron chi connectivity index (χ4n) is 3.56. The number of carbonyl (C=O) groups excluding carboxylic acids is 1. The summed E-state index contributed by atoms with van der Waals surface area (Å²) in [5.74, 6) is 0.282. The molecule has 0 spiro atoms. The van der Waals surface area contributed by atoms with Crippen molar-refractivity contribution in [3.8, 4) is 0 Å². The highest BCUT2D eigenvalue weighted by atomic mass is 16.3. The summed E-state index contributed by atoms with van der Waals surface area (Å²) < 4.78 is 0. The van der Waals surface area contributed by atoms with E-state index in [2.05, 4.69) is 53.8 Å². The first kappa shape index (κ1) is 16.7. The van der Waals surface area contributed by atoms with E-state index in [1.807, 2.05) is 0 Å². The Morgan fingerprint density at radius 3 is 2.12 bits per heavy atom. The van der Waals surface area contributed by atoms with Crippen LogP contribution in [-0.2, 0) is 17.6 Å². The number of hydrogen-bond donors (Lipinski definition) is 2. The van der Waals surface area contributed by atoms with E-state index in [0.717, 1.165) is 19.3 Å². The van der Waals surface area contributed by atoms with Gasteiger partial charge in [0.2, 0.25) is 5.91 Å². The van der Waals surface area contributed by atoms with Crippen LogP contribution >= 0.6 is 0 Å². The number of amides is 1. The fraction of sp³-hybridized carbons (Fsp3) is 0.381. The van der Waals surface area contributed by atoms with Crippen LogP contribution in [0.5, 0.6) is 0 Å². The number of nitrogens with one attached hydrogen (secondary N) is 1. The van der Waals surface area contributed by atoms with E-state index in [-0.39, 0.29) is 18.4 Å². The van der Waals surface area contributed by atoms with Gasteiger partial charge < -0.3 is 10.4 Å². The van der Waals surface area contributed by atoms with E-state index in [9.17, 15) is 4.79 Å². The van der Waals surface area contributed by atoms with Crippen molar-refractivity contribution in [2.24, 2.45) is 0 Å². The van der Waals surface area contributed by atoms with Gasteiger partial charge in [-0.25, -0.2) is 0 Å². The number of hydrogen-bond acceptors (Lipinski definition) is 2. The molecular weight excluding hydrogens is 298 g/mol. The first-order chi connectivity index (χ1) is 11.8. The average molecular weight is 323 g/mol. The van der Waals surface area contributed by atoms with Crippen molar-refractivity contribution in [3.05, 3.63) is 70.8 Å². The molecule has 0 bridgehead atoms. The third kappa shape index (κ3) is 3.85. The Balaban J connectivity index is 1.79. The molecule has 0 aromatic heterocycles. The minimum Gasteiger partial charge on any atom is -0.396 e. The number of fused-ring (bicyclic) bond motifs is 2. The molecule has 126 valence electrons. The Hall–Kier alpha value is -2.13. The second-order valence-electron chi connectivity index (χ2n) is 6.44. The molecule has 2 aromatic carbocycles. The van der Waals surface area contributed by atoms with Crippen molar-refractivity contribution in [2.45, 2.75) is 38.0 Å². The van der Waals surface area contributed by atoms with Crippen LogP contribution in [0.3, 0.4) is 0 Å². The summed E-state index contributed by atoms with van der Waals surface area (Å²) in [6.07, 6.45) is 4.00. The Bertz CT molecular complexity index is 648. The lowest BCUT2D eigenvalue weighted by molar-refractivity contribution is -0.121. The number of aliphatic hydroxyl groups is 1. The summed E-state index contributed by atoms with van der Waals surface area (Å²) >= 11 is 0. The number of rotatable bonds is 6. The molecule has 2 aromatic rings. The number of aryl methyl sites for hydroxylation is 2. The van der Waals surface area contributed by atoms with Gasteiger partial charge in [0.05, 0.1) is 0 Å². The molecular formula is C21H25NO2. The average Bonchev–Trinajstić information content (AvgIpc) is 2.77. The van der Waals surface area contributed by atoms with Gasteiger partial charge in [0.15, 0.2) is 0 Å². The maximum Gasteiger partial charge on any atom is 0.220 e. The lowest BCUT2D eigenvalue weighted by Gasteiger charge is -2.21. The maximum atomic E-state index is 12.1. The van der Waals surface area contributed by atoms with Crippen LogP contribution in [0.4, 0.5) is 0 Å². The predicted molar refractivity (Wildman–Crippen MR) is 96.1 cm³/mol. The van der Waals surface area contributed by atoms with Crippen LogP contribution in [0.1, 0.15) is 47.4 Å². The molecule has 0 saturated heterocycles. The zero-order chi connectivity index (χ0) is 16.8. The molecule has 24 heavy (non-hydrogen) atoms. The smallest absolute Gasteiger partial charge is 0.220 e. The first-order valence-electron chi connectivity index (χ1n) is 8.82. The van der Waals surface area contributed by atoms with E-state index >= 15 is 0 Å². The monoisotopic (exact) mass is 323 g/mol. The number of unbranched alkanes of at least 4 members (excludes halogenated alkanes) is 1. The van der Waals surface area contributed by atoms with Crippen LogP contribution < -0.4 is 5.32 Å².